The highest BCUT2D eigenvalue weighted by atomic mass is 15.1. The van der Waals surface area contributed by atoms with Gasteiger partial charge in [0.1, 0.15) is 0 Å². The van der Waals surface area contributed by atoms with Crippen LogP contribution in [0.4, 0.5) is 34.1 Å². The van der Waals surface area contributed by atoms with Crippen molar-refractivity contribution in [1.82, 2.24) is 0 Å². The van der Waals surface area contributed by atoms with E-state index in [4.69, 9.17) is 0 Å². The van der Waals surface area contributed by atoms with Crippen LogP contribution in [0.3, 0.4) is 0 Å². The van der Waals surface area contributed by atoms with Gasteiger partial charge in [0.2, 0.25) is 0 Å². The Morgan fingerprint density at radius 2 is 0.655 bits per heavy atom. The first-order chi connectivity index (χ1) is 27.2. The number of rotatable bonds is 6. The van der Waals surface area contributed by atoms with Crippen LogP contribution < -0.4 is 9.80 Å². The molecule has 1 spiro atoms. The SMILES string of the molecule is N#Cc1ccc2c(c1)-c1cc(C#N)ccc1C21c2cc(N(c3ccccc3)c3ccccc3)ccc2-c2ccc(N(c3ccccc3)c3ccccc3)cc21. The van der Waals surface area contributed by atoms with Crippen molar-refractivity contribution < 1.29 is 0 Å². The zero-order valence-corrected chi connectivity index (χ0v) is 29.8. The predicted molar refractivity (Wildman–Crippen MR) is 222 cm³/mol. The molecule has 0 aromatic heterocycles. The van der Waals surface area contributed by atoms with Crippen molar-refractivity contribution in [3.63, 3.8) is 0 Å². The molecule has 0 unspecified atom stereocenters. The van der Waals surface area contributed by atoms with Crippen LogP contribution in [0.1, 0.15) is 33.4 Å². The van der Waals surface area contributed by atoms with Crippen LogP contribution in [0.15, 0.2) is 194 Å². The molecule has 256 valence electrons. The molecule has 0 heterocycles. The summed E-state index contributed by atoms with van der Waals surface area (Å²) >= 11 is 0. The Hall–Kier alpha value is -7.66. The van der Waals surface area contributed by atoms with E-state index < -0.39 is 5.41 Å². The van der Waals surface area contributed by atoms with E-state index in [1.165, 1.54) is 0 Å². The van der Waals surface area contributed by atoms with E-state index in [1.54, 1.807) is 0 Å². The highest BCUT2D eigenvalue weighted by Crippen LogP contribution is 2.64. The molecule has 4 heteroatoms. The minimum Gasteiger partial charge on any atom is -0.310 e. The largest absolute Gasteiger partial charge is 0.310 e. The van der Waals surface area contributed by atoms with Crippen LogP contribution in [0, 0.1) is 22.7 Å². The van der Waals surface area contributed by atoms with Gasteiger partial charge in [-0.05, 0) is 142 Å². The molecule has 0 atom stereocenters. The number of para-hydroxylation sites is 4. The molecule has 0 amide bonds. The molecule has 55 heavy (non-hydrogen) atoms. The Morgan fingerprint density at radius 3 is 0.982 bits per heavy atom. The topological polar surface area (TPSA) is 54.1 Å². The lowest BCUT2D eigenvalue weighted by Crippen LogP contribution is -2.26. The third-order valence-corrected chi connectivity index (χ3v) is 11.1. The molecule has 0 aliphatic heterocycles. The van der Waals surface area contributed by atoms with Crippen molar-refractivity contribution >= 4 is 34.1 Å². The summed E-state index contributed by atoms with van der Waals surface area (Å²) in [5.74, 6) is 0. The average molecular weight is 701 g/mol. The number of hydrogen-bond acceptors (Lipinski definition) is 4. The van der Waals surface area contributed by atoms with Crippen molar-refractivity contribution in [3.05, 3.63) is 228 Å². The minimum atomic E-state index is -0.735. The number of anilines is 6. The van der Waals surface area contributed by atoms with Gasteiger partial charge in [0.05, 0.1) is 28.7 Å². The quantitative estimate of drug-likeness (QED) is 0.173. The Labute approximate surface area is 320 Å². The van der Waals surface area contributed by atoms with Crippen LogP contribution in [0.25, 0.3) is 22.3 Å². The number of nitriles is 2. The van der Waals surface area contributed by atoms with E-state index in [2.05, 4.69) is 168 Å². The highest BCUT2D eigenvalue weighted by Gasteiger charge is 2.52. The van der Waals surface area contributed by atoms with Gasteiger partial charge in [0.15, 0.2) is 0 Å². The van der Waals surface area contributed by atoms with E-state index >= 15 is 0 Å². The van der Waals surface area contributed by atoms with Crippen molar-refractivity contribution in [2.45, 2.75) is 5.41 Å². The molecule has 2 aliphatic rings. The van der Waals surface area contributed by atoms with Gasteiger partial charge in [-0.15, -0.1) is 0 Å². The molecule has 0 radical (unpaired) electrons. The van der Waals surface area contributed by atoms with E-state index in [-0.39, 0.29) is 0 Å². The monoisotopic (exact) mass is 700 g/mol. The second kappa shape index (κ2) is 12.8. The maximum absolute atomic E-state index is 10.1. The minimum absolute atomic E-state index is 0.587. The van der Waals surface area contributed by atoms with Gasteiger partial charge in [0, 0.05) is 34.1 Å². The van der Waals surface area contributed by atoms with Crippen molar-refractivity contribution in [2.24, 2.45) is 0 Å². The molecule has 8 aromatic rings. The lowest BCUT2D eigenvalue weighted by molar-refractivity contribution is 0.793. The summed E-state index contributed by atoms with van der Waals surface area (Å²) in [4.78, 5) is 4.62. The molecule has 0 saturated heterocycles. The van der Waals surface area contributed by atoms with E-state index in [1.807, 2.05) is 48.5 Å². The Morgan fingerprint density at radius 1 is 0.309 bits per heavy atom. The molecule has 10 rings (SSSR count). The van der Waals surface area contributed by atoms with Gasteiger partial charge in [-0.25, -0.2) is 0 Å². The molecular formula is C51H32N4. The van der Waals surface area contributed by atoms with Crippen molar-refractivity contribution in [1.29, 1.82) is 10.5 Å². The van der Waals surface area contributed by atoms with Crippen LogP contribution >= 0.6 is 0 Å². The normalized spacial score (nSPS) is 12.5. The fourth-order valence-corrected chi connectivity index (χ4v) is 8.83. The standard InChI is InChI=1S/C51H32N4/c52-33-35-21-27-47-45(29-35)46-30-36(34-53)22-28-48(46)51(47)49-31-41(54(37-13-5-1-6-14-37)38-15-7-2-8-16-38)23-25-43(49)44-26-24-42(32-50(44)51)55(39-17-9-3-10-18-39)40-19-11-4-12-20-40/h1-32H. The first-order valence-corrected chi connectivity index (χ1v) is 18.4. The van der Waals surface area contributed by atoms with Crippen molar-refractivity contribution in [2.75, 3.05) is 9.80 Å². The van der Waals surface area contributed by atoms with E-state index in [9.17, 15) is 10.5 Å². The Bertz CT molecular complexity index is 2560. The lowest BCUT2D eigenvalue weighted by atomic mass is 9.70. The average Bonchev–Trinajstić information content (AvgIpc) is 3.71. The fourth-order valence-electron chi connectivity index (χ4n) is 8.83. The number of benzene rings is 8. The molecule has 0 bridgehead atoms. The smallest absolute Gasteiger partial charge is 0.0991 e. The molecule has 0 fully saturated rings. The molecule has 0 N–H and O–H groups in total. The van der Waals surface area contributed by atoms with Gasteiger partial charge in [-0.1, -0.05) is 97.1 Å². The van der Waals surface area contributed by atoms with Gasteiger partial charge < -0.3 is 9.80 Å². The van der Waals surface area contributed by atoms with Gasteiger partial charge in [-0.2, -0.15) is 10.5 Å². The number of hydrogen-bond donors (Lipinski definition) is 0. The molecule has 0 saturated carbocycles. The third kappa shape index (κ3) is 4.90. The maximum Gasteiger partial charge on any atom is 0.0991 e. The van der Waals surface area contributed by atoms with Crippen LogP contribution in [0.5, 0.6) is 0 Å². The summed E-state index contributed by atoms with van der Waals surface area (Å²) in [6, 6.07) is 72.5. The summed E-state index contributed by atoms with van der Waals surface area (Å²) < 4.78 is 0. The first-order valence-electron chi connectivity index (χ1n) is 18.4. The highest BCUT2D eigenvalue weighted by molar-refractivity contribution is 5.98. The molecule has 4 nitrogen and oxygen atoms in total. The summed E-state index contributed by atoms with van der Waals surface area (Å²) in [6.07, 6.45) is 0. The summed E-state index contributed by atoms with van der Waals surface area (Å²) in [7, 11) is 0. The number of fused-ring (bicyclic) bond motifs is 10. The lowest BCUT2D eigenvalue weighted by Gasteiger charge is -2.33. The van der Waals surface area contributed by atoms with Crippen LogP contribution in [0.2, 0.25) is 0 Å². The first kappa shape index (κ1) is 32.0. The van der Waals surface area contributed by atoms with Gasteiger partial charge in [0.25, 0.3) is 0 Å². The second-order valence-electron chi connectivity index (χ2n) is 14.0. The molecule has 2 aliphatic carbocycles. The zero-order chi connectivity index (χ0) is 36.9. The van der Waals surface area contributed by atoms with Gasteiger partial charge in [-0.3, -0.25) is 0 Å². The van der Waals surface area contributed by atoms with Crippen LogP contribution in [-0.2, 0) is 5.41 Å². The maximum atomic E-state index is 10.1. The van der Waals surface area contributed by atoms with Crippen LogP contribution in [-0.4, -0.2) is 0 Å². The van der Waals surface area contributed by atoms with E-state index in [0.717, 1.165) is 78.6 Å². The Kier molecular flexibility index (Phi) is 7.44. The summed E-state index contributed by atoms with van der Waals surface area (Å²) in [5.41, 5.74) is 15.6. The van der Waals surface area contributed by atoms with E-state index in [0.29, 0.717) is 11.1 Å². The summed E-state index contributed by atoms with van der Waals surface area (Å²) in [6.45, 7) is 0. The Balaban J connectivity index is 1.29. The third-order valence-electron chi connectivity index (χ3n) is 11.1. The number of nitrogens with zero attached hydrogens (tertiary/aromatic N) is 4. The molecule has 8 aromatic carbocycles. The second-order valence-corrected chi connectivity index (χ2v) is 14.0. The predicted octanol–water partition coefficient (Wildman–Crippen LogP) is 12.7. The molecular weight excluding hydrogens is 669 g/mol. The van der Waals surface area contributed by atoms with Crippen molar-refractivity contribution in [3.8, 4) is 34.4 Å². The zero-order valence-electron chi connectivity index (χ0n) is 29.8. The van der Waals surface area contributed by atoms with Gasteiger partial charge >= 0.3 is 0 Å². The summed E-state index contributed by atoms with van der Waals surface area (Å²) in [5, 5.41) is 20.2. The fraction of sp³-hybridized carbons (Fsp3) is 0.0196.